The van der Waals surface area contributed by atoms with Crippen molar-refractivity contribution in [2.45, 2.75) is 6.04 Å². The lowest BCUT2D eigenvalue weighted by molar-refractivity contribution is -0.132. The van der Waals surface area contributed by atoms with Gasteiger partial charge in [-0.1, -0.05) is 23.5 Å². The van der Waals surface area contributed by atoms with Gasteiger partial charge in [-0.15, -0.1) is 0 Å². The van der Waals surface area contributed by atoms with Gasteiger partial charge in [0.2, 0.25) is 0 Å². The number of ether oxygens (including phenoxy) is 1. The minimum Gasteiger partial charge on any atom is -0.508 e. The number of Topliss-reactive ketones (excluding diaryl/α,β-unsaturated/α-hetero) is 1. The van der Waals surface area contributed by atoms with Crippen LogP contribution in [0, 0.1) is 0 Å². The molecule has 0 bridgehead atoms. The summed E-state index contributed by atoms with van der Waals surface area (Å²) in [6.45, 7) is 0. The van der Waals surface area contributed by atoms with Gasteiger partial charge >= 0.3 is 5.91 Å². The number of hydrogen-bond donors (Lipinski definition) is 2. The predicted octanol–water partition coefficient (Wildman–Crippen LogP) is 4.03. The van der Waals surface area contributed by atoms with Crippen molar-refractivity contribution in [1.82, 2.24) is 9.97 Å². The lowest BCUT2D eigenvalue weighted by atomic mass is 9.96. The Kier molecular flexibility index (Phi) is 5.02. The summed E-state index contributed by atoms with van der Waals surface area (Å²) in [4.78, 5) is 36.2. The summed E-state index contributed by atoms with van der Waals surface area (Å²) in [7, 11) is 1.56. The normalized spacial score (nSPS) is 17.6. The summed E-state index contributed by atoms with van der Waals surface area (Å²) < 4.78 is 6.05. The number of rotatable bonds is 4. The van der Waals surface area contributed by atoms with Crippen molar-refractivity contribution in [2.75, 3.05) is 12.0 Å². The van der Waals surface area contributed by atoms with Crippen LogP contribution >= 0.6 is 11.3 Å². The molecule has 0 spiro atoms. The Morgan fingerprint density at radius 3 is 2.61 bits per heavy atom. The zero-order valence-corrected chi connectivity index (χ0v) is 18.1. The molecule has 1 amide bonds. The minimum atomic E-state index is -0.937. The number of fused-ring (bicyclic) bond motifs is 1. The summed E-state index contributed by atoms with van der Waals surface area (Å²) in [5.74, 6) is -1.28. The fraction of sp³-hybridized carbons (Fsp3) is 0.0833. The van der Waals surface area contributed by atoms with Gasteiger partial charge in [0.1, 0.15) is 17.3 Å². The van der Waals surface area contributed by atoms with Crippen LogP contribution in [0.25, 0.3) is 16.0 Å². The number of nitrogens with zero attached hydrogens (tertiary/aromatic N) is 3. The molecular formula is C24H17N3O5S. The molecule has 164 valence electrons. The van der Waals surface area contributed by atoms with Crippen LogP contribution in [0.1, 0.15) is 17.2 Å². The summed E-state index contributed by atoms with van der Waals surface area (Å²) in [6, 6.07) is 13.8. The first-order valence-electron chi connectivity index (χ1n) is 9.93. The topological polar surface area (TPSA) is 113 Å². The van der Waals surface area contributed by atoms with Crippen molar-refractivity contribution in [3.63, 3.8) is 0 Å². The smallest absolute Gasteiger partial charge is 0.301 e. The molecule has 2 aromatic carbocycles. The number of benzene rings is 2. The Morgan fingerprint density at radius 2 is 1.91 bits per heavy atom. The second kappa shape index (κ2) is 8.03. The average molecular weight is 459 g/mol. The molecule has 1 aliphatic rings. The number of pyridine rings is 1. The molecule has 5 rings (SSSR count). The number of ketones is 1. The van der Waals surface area contributed by atoms with Gasteiger partial charge in [0.25, 0.3) is 5.78 Å². The van der Waals surface area contributed by atoms with Crippen LogP contribution < -0.4 is 9.64 Å². The molecule has 2 N–H and O–H groups in total. The number of aromatic hydroxyl groups is 1. The average Bonchev–Trinajstić information content (AvgIpc) is 3.37. The van der Waals surface area contributed by atoms with Crippen molar-refractivity contribution in [2.24, 2.45) is 0 Å². The van der Waals surface area contributed by atoms with E-state index in [1.165, 1.54) is 34.6 Å². The number of anilines is 1. The van der Waals surface area contributed by atoms with Gasteiger partial charge < -0.3 is 14.9 Å². The maximum atomic E-state index is 13.2. The van der Waals surface area contributed by atoms with E-state index in [1.54, 1.807) is 55.8 Å². The van der Waals surface area contributed by atoms with Crippen molar-refractivity contribution in [3.05, 3.63) is 83.7 Å². The molecule has 0 radical (unpaired) electrons. The SMILES string of the molecule is COc1ccc2nc(N3C(=O)C(=O)C(=C(O)c4cccnc4)C3c3ccc(O)cc3)sc2c1. The van der Waals surface area contributed by atoms with Crippen LogP contribution in [0.2, 0.25) is 0 Å². The molecule has 4 aromatic rings. The molecule has 9 heteroatoms. The summed E-state index contributed by atoms with van der Waals surface area (Å²) in [6.07, 6.45) is 2.96. The van der Waals surface area contributed by atoms with E-state index in [0.29, 0.717) is 27.5 Å². The zero-order chi connectivity index (χ0) is 23.1. The molecule has 33 heavy (non-hydrogen) atoms. The number of amides is 1. The third-order valence-corrected chi connectivity index (χ3v) is 6.40. The Labute approximate surface area is 192 Å². The number of carbonyl (C=O) groups is 2. The molecular weight excluding hydrogens is 442 g/mol. The summed E-state index contributed by atoms with van der Waals surface area (Å²) >= 11 is 1.24. The molecule has 0 saturated carbocycles. The van der Waals surface area contributed by atoms with E-state index in [4.69, 9.17) is 4.74 Å². The highest BCUT2D eigenvalue weighted by Gasteiger charge is 2.48. The van der Waals surface area contributed by atoms with Gasteiger partial charge in [0.05, 0.1) is 28.9 Å². The van der Waals surface area contributed by atoms with E-state index in [-0.39, 0.29) is 17.1 Å². The quantitative estimate of drug-likeness (QED) is 0.269. The van der Waals surface area contributed by atoms with Gasteiger partial charge in [-0.2, -0.15) is 0 Å². The fourth-order valence-corrected chi connectivity index (χ4v) is 4.80. The van der Waals surface area contributed by atoms with Crippen LogP contribution in [0.3, 0.4) is 0 Å². The third kappa shape index (κ3) is 3.48. The highest BCUT2D eigenvalue weighted by molar-refractivity contribution is 7.22. The van der Waals surface area contributed by atoms with Gasteiger partial charge in [-0.3, -0.25) is 19.5 Å². The second-order valence-corrected chi connectivity index (χ2v) is 8.34. The monoisotopic (exact) mass is 459 g/mol. The second-order valence-electron chi connectivity index (χ2n) is 7.33. The van der Waals surface area contributed by atoms with Gasteiger partial charge in [-0.25, -0.2) is 4.98 Å². The van der Waals surface area contributed by atoms with Crippen LogP contribution in [0.15, 0.2) is 72.6 Å². The number of aromatic nitrogens is 2. The fourth-order valence-electron chi connectivity index (χ4n) is 3.78. The number of hydrogen-bond acceptors (Lipinski definition) is 8. The van der Waals surface area contributed by atoms with Crippen molar-refractivity contribution in [1.29, 1.82) is 0 Å². The van der Waals surface area contributed by atoms with Crippen LogP contribution in [-0.2, 0) is 9.59 Å². The van der Waals surface area contributed by atoms with E-state index in [1.807, 2.05) is 0 Å². The van der Waals surface area contributed by atoms with E-state index in [0.717, 1.165) is 4.70 Å². The number of phenols is 1. The van der Waals surface area contributed by atoms with Crippen molar-refractivity contribution < 1.29 is 24.5 Å². The number of carbonyl (C=O) groups excluding carboxylic acids is 2. The highest BCUT2D eigenvalue weighted by Crippen LogP contribution is 2.44. The highest BCUT2D eigenvalue weighted by atomic mass is 32.1. The molecule has 1 unspecified atom stereocenters. The van der Waals surface area contributed by atoms with Crippen LogP contribution in [0.5, 0.6) is 11.5 Å². The number of thiazole rings is 1. The number of aliphatic hydroxyl groups excluding tert-OH is 1. The maximum absolute atomic E-state index is 13.2. The number of methoxy groups -OCH3 is 1. The lowest BCUT2D eigenvalue weighted by Crippen LogP contribution is -2.29. The maximum Gasteiger partial charge on any atom is 0.301 e. The molecule has 0 aliphatic carbocycles. The predicted molar refractivity (Wildman–Crippen MR) is 123 cm³/mol. The molecule has 8 nitrogen and oxygen atoms in total. The molecule has 1 saturated heterocycles. The lowest BCUT2D eigenvalue weighted by Gasteiger charge is -2.22. The van der Waals surface area contributed by atoms with Gasteiger partial charge in [0.15, 0.2) is 5.13 Å². The third-order valence-electron chi connectivity index (χ3n) is 5.38. The first-order chi connectivity index (χ1) is 16.0. The van der Waals surface area contributed by atoms with E-state index < -0.39 is 17.7 Å². The van der Waals surface area contributed by atoms with Crippen LogP contribution in [-0.4, -0.2) is 39.0 Å². The Hall–Kier alpha value is -4.24. The first kappa shape index (κ1) is 20.7. The van der Waals surface area contributed by atoms with Crippen molar-refractivity contribution >= 4 is 44.1 Å². The van der Waals surface area contributed by atoms with E-state index in [2.05, 4.69) is 9.97 Å². The molecule has 2 aromatic heterocycles. The zero-order valence-electron chi connectivity index (χ0n) is 17.3. The van der Waals surface area contributed by atoms with Gasteiger partial charge in [0, 0.05) is 18.0 Å². The molecule has 1 atom stereocenters. The van der Waals surface area contributed by atoms with E-state index in [9.17, 15) is 19.8 Å². The Balaban J connectivity index is 1.72. The first-order valence-corrected chi connectivity index (χ1v) is 10.7. The molecule has 3 heterocycles. The molecule has 1 fully saturated rings. The Morgan fingerprint density at radius 1 is 1.12 bits per heavy atom. The Bertz CT molecular complexity index is 1410. The molecule has 1 aliphatic heterocycles. The number of phenolic OH excluding ortho intramolecular Hbond substituents is 1. The standard InChI is InChI=1S/C24H17N3O5S/c1-32-16-8-9-17-18(11-16)33-24(26-17)27-20(13-4-6-15(28)7-5-13)19(22(30)23(27)31)21(29)14-3-2-10-25-12-14/h2-12,20,28-29H,1H3. The van der Waals surface area contributed by atoms with Gasteiger partial charge in [-0.05, 0) is 48.0 Å². The summed E-state index contributed by atoms with van der Waals surface area (Å²) in [5, 5.41) is 21.1. The summed E-state index contributed by atoms with van der Waals surface area (Å²) in [5.41, 5.74) is 1.42. The van der Waals surface area contributed by atoms with Crippen LogP contribution in [0.4, 0.5) is 5.13 Å². The largest absolute Gasteiger partial charge is 0.508 e. The van der Waals surface area contributed by atoms with Crippen molar-refractivity contribution in [3.8, 4) is 11.5 Å². The number of aliphatic hydroxyl groups is 1. The van der Waals surface area contributed by atoms with E-state index >= 15 is 0 Å². The minimum absolute atomic E-state index is 0.0371.